The Bertz CT molecular complexity index is 753. The topological polar surface area (TPSA) is 21.3 Å². The second kappa shape index (κ2) is 9.79. The number of aryl methyl sites for hydroxylation is 1. The maximum atomic E-state index is 5.85. The Hall–Kier alpha value is -2.58. The molecule has 0 saturated heterocycles. The molecule has 26 heavy (non-hydrogen) atoms. The molecule has 1 atom stereocenters. The maximum absolute atomic E-state index is 5.85. The molecule has 0 fully saturated rings. The molecule has 0 aliphatic carbocycles. The molecular weight excluding hydrogens is 318 g/mol. The van der Waals surface area contributed by atoms with Gasteiger partial charge in [-0.3, -0.25) is 0 Å². The molecule has 0 radical (unpaired) electrons. The van der Waals surface area contributed by atoms with Gasteiger partial charge in [0, 0.05) is 6.54 Å². The Morgan fingerprint density at radius 3 is 2.08 bits per heavy atom. The quantitative estimate of drug-likeness (QED) is 0.495. The van der Waals surface area contributed by atoms with Crippen molar-refractivity contribution >= 4 is 0 Å². The second-order valence-electron chi connectivity index (χ2n) is 6.68. The number of hydrogen-bond acceptors (Lipinski definition) is 2. The van der Waals surface area contributed by atoms with Crippen LogP contribution in [-0.2, 0) is 6.42 Å². The van der Waals surface area contributed by atoms with Gasteiger partial charge in [0.25, 0.3) is 0 Å². The predicted molar refractivity (Wildman–Crippen MR) is 109 cm³/mol. The molecule has 134 valence electrons. The van der Waals surface area contributed by atoms with Crippen LogP contribution in [0.1, 0.15) is 30.4 Å². The van der Waals surface area contributed by atoms with Gasteiger partial charge < -0.3 is 10.1 Å². The lowest BCUT2D eigenvalue weighted by atomic mass is 10.0. The number of rotatable bonds is 9. The van der Waals surface area contributed by atoms with Gasteiger partial charge in [-0.15, -0.1) is 0 Å². The minimum absolute atomic E-state index is 0.484. The van der Waals surface area contributed by atoms with E-state index in [9.17, 15) is 0 Å². The Balaban J connectivity index is 1.39. The smallest absolute Gasteiger partial charge is 0.127 e. The zero-order chi connectivity index (χ0) is 18.0. The van der Waals surface area contributed by atoms with E-state index in [1.807, 2.05) is 42.5 Å². The first-order valence-electron chi connectivity index (χ1n) is 9.39. The minimum Gasteiger partial charge on any atom is -0.457 e. The second-order valence-corrected chi connectivity index (χ2v) is 6.68. The van der Waals surface area contributed by atoms with Gasteiger partial charge in [0.05, 0.1) is 0 Å². The van der Waals surface area contributed by atoms with Gasteiger partial charge in [0.15, 0.2) is 0 Å². The summed E-state index contributed by atoms with van der Waals surface area (Å²) in [7, 11) is 0. The van der Waals surface area contributed by atoms with Crippen LogP contribution in [0.15, 0.2) is 84.9 Å². The van der Waals surface area contributed by atoms with Crippen LogP contribution in [-0.4, -0.2) is 13.1 Å². The molecule has 3 aromatic carbocycles. The molecule has 0 amide bonds. The predicted octanol–water partition coefficient (Wildman–Crippen LogP) is 5.80. The Morgan fingerprint density at radius 1 is 0.769 bits per heavy atom. The number of ether oxygens (including phenoxy) is 1. The molecule has 0 heterocycles. The van der Waals surface area contributed by atoms with E-state index in [0.717, 1.165) is 31.0 Å². The van der Waals surface area contributed by atoms with Crippen LogP contribution in [0.2, 0.25) is 0 Å². The Kier molecular flexibility index (Phi) is 6.86. The lowest BCUT2D eigenvalue weighted by Gasteiger charge is -2.14. The van der Waals surface area contributed by atoms with E-state index < -0.39 is 0 Å². The number of benzene rings is 3. The average molecular weight is 345 g/mol. The summed E-state index contributed by atoms with van der Waals surface area (Å²) in [6.45, 7) is 4.30. The number of para-hydroxylation sites is 1. The van der Waals surface area contributed by atoms with E-state index in [1.54, 1.807) is 0 Å². The van der Waals surface area contributed by atoms with Crippen LogP contribution in [0.3, 0.4) is 0 Å². The van der Waals surface area contributed by atoms with Gasteiger partial charge in [-0.1, -0.05) is 67.6 Å². The summed E-state index contributed by atoms with van der Waals surface area (Å²) in [5, 5.41) is 3.58. The normalized spacial score (nSPS) is 11.9. The van der Waals surface area contributed by atoms with Gasteiger partial charge in [0.2, 0.25) is 0 Å². The number of hydrogen-bond donors (Lipinski definition) is 1. The molecule has 0 aromatic heterocycles. The lowest BCUT2D eigenvalue weighted by molar-refractivity contribution is 0.482. The fourth-order valence-electron chi connectivity index (χ4n) is 2.99. The molecule has 2 nitrogen and oxygen atoms in total. The fraction of sp³-hybridized carbons (Fsp3) is 0.250. The summed E-state index contributed by atoms with van der Waals surface area (Å²) in [5.41, 5.74) is 2.75. The molecule has 0 saturated carbocycles. The van der Waals surface area contributed by atoms with E-state index >= 15 is 0 Å². The average Bonchev–Trinajstić information content (AvgIpc) is 2.70. The monoisotopic (exact) mass is 345 g/mol. The van der Waals surface area contributed by atoms with Crippen LogP contribution in [0.25, 0.3) is 0 Å². The van der Waals surface area contributed by atoms with E-state index in [0.29, 0.717) is 5.92 Å². The van der Waals surface area contributed by atoms with Crippen molar-refractivity contribution in [3.05, 3.63) is 96.1 Å². The third-order valence-corrected chi connectivity index (χ3v) is 4.54. The third kappa shape index (κ3) is 5.75. The maximum Gasteiger partial charge on any atom is 0.127 e. The molecule has 2 heteroatoms. The first-order valence-corrected chi connectivity index (χ1v) is 9.39. The molecule has 0 bridgehead atoms. The van der Waals surface area contributed by atoms with Crippen LogP contribution in [0.5, 0.6) is 11.5 Å². The van der Waals surface area contributed by atoms with E-state index in [1.165, 1.54) is 17.5 Å². The molecule has 0 spiro atoms. The van der Waals surface area contributed by atoms with Crippen LogP contribution >= 0.6 is 0 Å². The SMILES string of the molecule is CC(CNCCCc1ccccc1)c1ccc(Oc2ccccc2)cc1. The van der Waals surface area contributed by atoms with Crippen molar-refractivity contribution in [1.82, 2.24) is 5.32 Å². The van der Waals surface area contributed by atoms with Gasteiger partial charge >= 0.3 is 0 Å². The lowest BCUT2D eigenvalue weighted by Crippen LogP contribution is -2.21. The number of nitrogens with one attached hydrogen (secondary N) is 1. The van der Waals surface area contributed by atoms with E-state index in [-0.39, 0.29) is 0 Å². The van der Waals surface area contributed by atoms with Crippen molar-refractivity contribution in [3.8, 4) is 11.5 Å². The van der Waals surface area contributed by atoms with Crippen molar-refractivity contribution in [1.29, 1.82) is 0 Å². The molecule has 1 N–H and O–H groups in total. The highest BCUT2D eigenvalue weighted by Gasteiger charge is 2.06. The Labute approximate surface area is 156 Å². The first kappa shape index (κ1) is 18.2. The third-order valence-electron chi connectivity index (χ3n) is 4.54. The molecule has 0 aliphatic rings. The zero-order valence-electron chi connectivity index (χ0n) is 15.4. The molecule has 1 unspecified atom stereocenters. The van der Waals surface area contributed by atoms with Gasteiger partial charge in [-0.25, -0.2) is 0 Å². The van der Waals surface area contributed by atoms with Crippen molar-refractivity contribution in [3.63, 3.8) is 0 Å². The van der Waals surface area contributed by atoms with Gasteiger partial charge in [0.1, 0.15) is 11.5 Å². The standard InChI is InChI=1S/C24H27NO/c1-20(19-25-18-8-11-21-9-4-2-5-10-21)22-14-16-24(17-15-22)26-23-12-6-3-7-13-23/h2-7,9-10,12-17,20,25H,8,11,18-19H2,1H3. The summed E-state index contributed by atoms with van der Waals surface area (Å²) in [6, 6.07) is 29.0. The molecule has 0 aliphatic heterocycles. The summed E-state index contributed by atoms with van der Waals surface area (Å²) >= 11 is 0. The van der Waals surface area contributed by atoms with Gasteiger partial charge in [-0.05, 0) is 60.7 Å². The van der Waals surface area contributed by atoms with E-state index in [4.69, 9.17) is 4.74 Å². The summed E-state index contributed by atoms with van der Waals surface area (Å²) < 4.78 is 5.85. The van der Waals surface area contributed by atoms with Crippen LogP contribution < -0.4 is 10.1 Å². The molecular formula is C24H27NO. The Morgan fingerprint density at radius 2 is 1.38 bits per heavy atom. The highest BCUT2D eigenvalue weighted by molar-refractivity contribution is 5.34. The summed E-state index contributed by atoms with van der Waals surface area (Å²) in [6.07, 6.45) is 2.30. The minimum atomic E-state index is 0.484. The zero-order valence-corrected chi connectivity index (χ0v) is 15.4. The van der Waals surface area contributed by atoms with Crippen LogP contribution in [0.4, 0.5) is 0 Å². The van der Waals surface area contributed by atoms with Crippen molar-refractivity contribution in [2.75, 3.05) is 13.1 Å². The fourth-order valence-corrected chi connectivity index (χ4v) is 2.99. The van der Waals surface area contributed by atoms with E-state index in [2.05, 4.69) is 54.7 Å². The highest BCUT2D eigenvalue weighted by atomic mass is 16.5. The van der Waals surface area contributed by atoms with Crippen molar-refractivity contribution < 1.29 is 4.74 Å². The first-order chi connectivity index (χ1) is 12.8. The van der Waals surface area contributed by atoms with Crippen molar-refractivity contribution in [2.45, 2.75) is 25.7 Å². The van der Waals surface area contributed by atoms with Crippen molar-refractivity contribution in [2.24, 2.45) is 0 Å². The largest absolute Gasteiger partial charge is 0.457 e. The molecule has 3 aromatic rings. The van der Waals surface area contributed by atoms with Gasteiger partial charge in [-0.2, -0.15) is 0 Å². The molecule has 3 rings (SSSR count). The van der Waals surface area contributed by atoms with Crippen LogP contribution in [0, 0.1) is 0 Å². The highest BCUT2D eigenvalue weighted by Crippen LogP contribution is 2.23. The summed E-state index contributed by atoms with van der Waals surface area (Å²) in [4.78, 5) is 0. The summed E-state index contributed by atoms with van der Waals surface area (Å²) in [5.74, 6) is 2.23.